The molecule has 0 fully saturated rings. The molecule has 0 atom stereocenters. The van der Waals surface area contributed by atoms with Crippen molar-refractivity contribution in [1.82, 2.24) is 10.3 Å². The van der Waals surface area contributed by atoms with Crippen molar-refractivity contribution in [3.8, 4) is 5.75 Å². The highest BCUT2D eigenvalue weighted by Gasteiger charge is 2.13. The van der Waals surface area contributed by atoms with Gasteiger partial charge in [-0.25, -0.2) is 4.98 Å². The molecule has 1 aromatic carbocycles. The molecule has 2 aromatic rings. The Labute approximate surface area is 123 Å². The monoisotopic (exact) mass is 286 g/mol. The molecule has 0 unspecified atom stereocenters. The third kappa shape index (κ3) is 3.79. The largest absolute Gasteiger partial charge is 0.491 e. The molecular formula is C16H18N2O3. The molecule has 0 spiro atoms. The fourth-order valence-electron chi connectivity index (χ4n) is 1.98. The van der Waals surface area contributed by atoms with Crippen LogP contribution in [-0.2, 0) is 13.2 Å². The van der Waals surface area contributed by atoms with Crippen molar-refractivity contribution < 1.29 is 14.6 Å². The van der Waals surface area contributed by atoms with E-state index < -0.39 is 0 Å². The number of nitrogens with zero attached hydrogens (tertiary/aromatic N) is 1. The summed E-state index contributed by atoms with van der Waals surface area (Å²) in [5.41, 5.74) is 1.94. The lowest BCUT2D eigenvalue weighted by Gasteiger charge is -2.11. The van der Waals surface area contributed by atoms with Gasteiger partial charge in [-0.05, 0) is 30.2 Å². The van der Waals surface area contributed by atoms with Gasteiger partial charge in [0.1, 0.15) is 0 Å². The SMILES string of the molecule is CCOc1cccnc1C(=O)NCc1ccccc1CO. The fraction of sp³-hybridized carbons (Fsp3) is 0.250. The van der Waals surface area contributed by atoms with Crippen LogP contribution in [0.4, 0.5) is 0 Å². The Hall–Kier alpha value is -2.40. The number of carbonyl (C=O) groups excluding carboxylic acids is 1. The molecule has 0 radical (unpaired) electrons. The number of ether oxygens (including phenoxy) is 1. The topological polar surface area (TPSA) is 71.5 Å². The summed E-state index contributed by atoms with van der Waals surface area (Å²) in [6.45, 7) is 2.60. The maximum absolute atomic E-state index is 12.2. The zero-order valence-electron chi connectivity index (χ0n) is 11.9. The van der Waals surface area contributed by atoms with Gasteiger partial charge in [-0.2, -0.15) is 0 Å². The Morgan fingerprint density at radius 1 is 1.24 bits per heavy atom. The van der Waals surface area contributed by atoms with Crippen LogP contribution in [0.1, 0.15) is 28.5 Å². The summed E-state index contributed by atoms with van der Waals surface area (Å²) < 4.78 is 5.39. The van der Waals surface area contributed by atoms with Crippen LogP contribution in [0, 0.1) is 0 Å². The number of benzene rings is 1. The van der Waals surface area contributed by atoms with E-state index in [1.54, 1.807) is 18.3 Å². The molecule has 21 heavy (non-hydrogen) atoms. The lowest BCUT2D eigenvalue weighted by atomic mass is 10.1. The molecule has 5 nitrogen and oxygen atoms in total. The number of amides is 1. The van der Waals surface area contributed by atoms with Crippen molar-refractivity contribution in [2.75, 3.05) is 6.61 Å². The first kappa shape index (κ1) is 15.0. The average Bonchev–Trinajstić information content (AvgIpc) is 2.53. The van der Waals surface area contributed by atoms with E-state index in [-0.39, 0.29) is 18.2 Å². The predicted octanol–water partition coefficient (Wildman–Crippen LogP) is 1.90. The smallest absolute Gasteiger partial charge is 0.274 e. The minimum atomic E-state index is -0.299. The van der Waals surface area contributed by atoms with Crippen LogP contribution in [0.5, 0.6) is 5.75 Å². The molecule has 0 bridgehead atoms. The van der Waals surface area contributed by atoms with Crippen molar-refractivity contribution in [1.29, 1.82) is 0 Å². The Morgan fingerprint density at radius 3 is 2.71 bits per heavy atom. The maximum atomic E-state index is 12.2. The Morgan fingerprint density at radius 2 is 2.00 bits per heavy atom. The van der Waals surface area contributed by atoms with Crippen molar-refractivity contribution >= 4 is 5.91 Å². The second-order valence-electron chi connectivity index (χ2n) is 4.39. The number of carbonyl (C=O) groups is 1. The third-order valence-corrected chi connectivity index (χ3v) is 3.01. The molecule has 110 valence electrons. The number of hydrogen-bond donors (Lipinski definition) is 2. The van der Waals surface area contributed by atoms with Crippen LogP contribution >= 0.6 is 0 Å². The van der Waals surface area contributed by atoms with E-state index >= 15 is 0 Å². The van der Waals surface area contributed by atoms with Crippen LogP contribution in [0.3, 0.4) is 0 Å². The summed E-state index contributed by atoms with van der Waals surface area (Å²) >= 11 is 0. The van der Waals surface area contributed by atoms with Crippen LogP contribution in [0.2, 0.25) is 0 Å². The predicted molar refractivity (Wildman–Crippen MR) is 78.9 cm³/mol. The van der Waals surface area contributed by atoms with Gasteiger partial charge in [0.2, 0.25) is 0 Å². The van der Waals surface area contributed by atoms with E-state index in [1.165, 1.54) is 0 Å². The lowest BCUT2D eigenvalue weighted by molar-refractivity contribution is 0.0941. The standard InChI is InChI=1S/C16H18N2O3/c1-2-21-14-8-5-9-17-15(14)16(20)18-10-12-6-3-4-7-13(12)11-19/h3-9,19H,2,10-11H2,1H3,(H,18,20). The van der Waals surface area contributed by atoms with Gasteiger partial charge >= 0.3 is 0 Å². The zero-order valence-corrected chi connectivity index (χ0v) is 11.9. The molecule has 2 rings (SSSR count). The highest BCUT2D eigenvalue weighted by Crippen LogP contribution is 2.15. The average molecular weight is 286 g/mol. The summed E-state index contributed by atoms with van der Waals surface area (Å²) in [4.78, 5) is 16.3. The lowest BCUT2D eigenvalue weighted by Crippen LogP contribution is -2.25. The molecule has 0 aliphatic heterocycles. The number of hydrogen-bond acceptors (Lipinski definition) is 4. The minimum Gasteiger partial charge on any atom is -0.491 e. The third-order valence-electron chi connectivity index (χ3n) is 3.01. The summed E-state index contributed by atoms with van der Waals surface area (Å²) in [7, 11) is 0. The van der Waals surface area contributed by atoms with Crippen molar-refractivity contribution in [2.24, 2.45) is 0 Å². The van der Waals surface area contributed by atoms with Gasteiger partial charge in [0, 0.05) is 12.7 Å². The second kappa shape index (κ2) is 7.40. The van der Waals surface area contributed by atoms with Crippen LogP contribution < -0.4 is 10.1 Å². The summed E-state index contributed by atoms with van der Waals surface area (Å²) in [5, 5.41) is 12.1. The van der Waals surface area contributed by atoms with Gasteiger partial charge in [0.25, 0.3) is 5.91 Å². The molecule has 1 amide bonds. The summed E-state index contributed by atoms with van der Waals surface area (Å²) in [6.07, 6.45) is 1.55. The highest BCUT2D eigenvalue weighted by molar-refractivity contribution is 5.94. The molecule has 1 aromatic heterocycles. The molecule has 0 saturated heterocycles. The van der Waals surface area contributed by atoms with E-state index in [1.807, 2.05) is 31.2 Å². The Kier molecular flexibility index (Phi) is 5.29. The molecule has 2 N–H and O–H groups in total. The van der Waals surface area contributed by atoms with Gasteiger partial charge in [-0.3, -0.25) is 4.79 Å². The van der Waals surface area contributed by atoms with Crippen LogP contribution in [0.15, 0.2) is 42.6 Å². The van der Waals surface area contributed by atoms with E-state index in [2.05, 4.69) is 10.3 Å². The van der Waals surface area contributed by atoms with Crippen molar-refractivity contribution in [3.63, 3.8) is 0 Å². The molecule has 5 heteroatoms. The number of aliphatic hydroxyl groups is 1. The molecule has 1 heterocycles. The van der Waals surface area contributed by atoms with Crippen molar-refractivity contribution in [3.05, 3.63) is 59.4 Å². The van der Waals surface area contributed by atoms with E-state index in [4.69, 9.17) is 4.74 Å². The summed E-state index contributed by atoms with van der Waals surface area (Å²) in [5.74, 6) is 0.166. The van der Waals surface area contributed by atoms with E-state index in [0.29, 0.717) is 18.9 Å². The van der Waals surface area contributed by atoms with Gasteiger partial charge < -0.3 is 15.2 Å². The number of pyridine rings is 1. The molecule has 0 saturated carbocycles. The van der Waals surface area contributed by atoms with Crippen LogP contribution in [0.25, 0.3) is 0 Å². The highest BCUT2D eigenvalue weighted by atomic mass is 16.5. The minimum absolute atomic E-state index is 0.0557. The first-order valence-electron chi connectivity index (χ1n) is 6.80. The van der Waals surface area contributed by atoms with E-state index in [9.17, 15) is 9.90 Å². The maximum Gasteiger partial charge on any atom is 0.274 e. The normalized spacial score (nSPS) is 10.2. The first-order chi connectivity index (χ1) is 10.3. The number of rotatable bonds is 6. The Balaban J connectivity index is 2.08. The zero-order chi connectivity index (χ0) is 15.1. The molecular weight excluding hydrogens is 268 g/mol. The number of aliphatic hydroxyl groups excluding tert-OH is 1. The molecule has 0 aliphatic carbocycles. The summed E-state index contributed by atoms with van der Waals surface area (Å²) in [6, 6.07) is 10.9. The number of nitrogens with one attached hydrogen (secondary N) is 1. The fourth-order valence-corrected chi connectivity index (χ4v) is 1.98. The van der Waals surface area contributed by atoms with Gasteiger partial charge in [-0.15, -0.1) is 0 Å². The van der Waals surface area contributed by atoms with Gasteiger partial charge in [-0.1, -0.05) is 24.3 Å². The quantitative estimate of drug-likeness (QED) is 0.851. The first-order valence-corrected chi connectivity index (χ1v) is 6.80. The molecule has 0 aliphatic rings. The van der Waals surface area contributed by atoms with Gasteiger partial charge in [0.15, 0.2) is 11.4 Å². The number of aromatic nitrogens is 1. The van der Waals surface area contributed by atoms with Gasteiger partial charge in [0.05, 0.1) is 13.2 Å². The Bertz CT molecular complexity index is 614. The van der Waals surface area contributed by atoms with Crippen LogP contribution in [-0.4, -0.2) is 22.6 Å². The van der Waals surface area contributed by atoms with E-state index in [0.717, 1.165) is 11.1 Å². The van der Waals surface area contributed by atoms with Crippen molar-refractivity contribution in [2.45, 2.75) is 20.1 Å². The second-order valence-corrected chi connectivity index (χ2v) is 4.39.